The lowest BCUT2D eigenvalue weighted by atomic mass is 9.97. The minimum absolute atomic E-state index is 0.0290. The maximum atomic E-state index is 11.5. The second-order valence-corrected chi connectivity index (χ2v) is 5.74. The van der Waals surface area contributed by atoms with Gasteiger partial charge in [0.05, 0.1) is 6.61 Å². The number of aliphatic carboxylic acids is 1. The van der Waals surface area contributed by atoms with E-state index in [1.165, 1.54) is 0 Å². The fraction of sp³-hybridized carbons (Fsp3) is 0.588. The molecule has 1 N–H and O–H groups in total. The van der Waals surface area contributed by atoms with Crippen LogP contribution in [0.2, 0.25) is 0 Å². The Morgan fingerprint density at radius 2 is 1.86 bits per heavy atom. The van der Waals surface area contributed by atoms with Gasteiger partial charge in [-0.1, -0.05) is 26.0 Å². The fourth-order valence-corrected chi connectivity index (χ4v) is 2.52. The highest BCUT2D eigenvalue weighted by atomic mass is 16.5. The number of benzene rings is 1. The third kappa shape index (κ3) is 4.21. The second-order valence-electron chi connectivity index (χ2n) is 5.74. The molecule has 0 aliphatic rings. The molecule has 0 aliphatic heterocycles. The van der Waals surface area contributed by atoms with Crippen LogP contribution < -0.4 is 4.74 Å². The van der Waals surface area contributed by atoms with Gasteiger partial charge in [-0.15, -0.1) is 0 Å². The van der Waals surface area contributed by atoms with Crippen LogP contribution in [0, 0.1) is 0 Å². The molecule has 0 radical (unpaired) electrons. The lowest BCUT2D eigenvalue weighted by Gasteiger charge is -2.39. The molecule has 0 saturated carbocycles. The molecule has 0 amide bonds. The first-order valence-electron chi connectivity index (χ1n) is 7.57. The van der Waals surface area contributed by atoms with E-state index in [4.69, 9.17) is 4.74 Å². The van der Waals surface area contributed by atoms with Gasteiger partial charge in [-0.05, 0) is 51.4 Å². The number of rotatable bonds is 8. The first-order valence-corrected chi connectivity index (χ1v) is 7.57. The fourth-order valence-electron chi connectivity index (χ4n) is 2.52. The Labute approximate surface area is 127 Å². The summed E-state index contributed by atoms with van der Waals surface area (Å²) < 4.78 is 5.57. The molecule has 1 rings (SSSR count). The monoisotopic (exact) mass is 293 g/mol. The molecule has 0 aliphatic carbocycles. The molecule has 0 aromatic heterocycles. The molecule has 1 atom stereocenters. The summed E-state index contributed by atoms with van der Waals surface area (Å²) in [5.74, 6) is 0.0486. The van der Waals surface area contributed by atoms with E-state index >= 15 is 0 Å². The molecule has 0 fully saturated rings. The Balaban J connectivity index is 2.90. The van der Waals surface area contributed by atoms with Crippen molar-refractivity contribution in [1.29, 1.82) is 0 Å². The van der Waals surface area contributed by atoms with Crippen molar-refractivity contribution in [2.45, 2.75) is 52.6 Å². The van der Waals surface area contributed by atoms with Gasteiger partial charge in [-0.3, -0.25) is 9.69 Å². The summed E-state index contributed by atoms with van der Waals surface area (Å²) in [6.45, 7) is 11.0. The van der Waals surface area contributed by atoms with E-state index in [9.17, 15) is 9.90 Å². The topological polar surface area (TPSA) is 49.8 Å². The number of nitrogens with zero attached hydrogens (tertiary/aromatic N) is 1. The number of hydrogen-bond acceptors (Lipinski definition) is 3. The first-order chi connectivity index (χ1) is 9.84. The van der Waals surface area contributed by atoms with E-state index in [1.807, 2.05) is 43.0 Å². The Hall–Kier alpha value is -1.55. The van der Waals surface area contributed by atoms with E-state index in [0.717, 1.165) is 17.7 Å². The highest BCUT2D eigenvalue weighted by Gasteiger charge is 2.36. The number of carbonyl (C=O) groups is 1. The van der Waals surface area contributed by atoms with Gasteiger partial charge in [0.1, 0.15) is 11.3 Å². The number of carboxylic acids is 1. The summed E-state index contributed by atoms with van der Waals surface area (Å²) in [6.07, 6.45) is 0.981. The smallest absolute Gasteiger partial charge is 0.323 e. The van der Waals surface area contributed by atoms with Crippen molar-refractivity contribution >= 4 is 5.97 Å². The first kappa shape index (κ1) is 17.5. The average molecular weight is 293 g/mol. The molecule has 0 spiro atoms. The van der Waals surface area contributed by atoms with Crippen LogP contribution in [0.15, 0.2) is 24.3 Å². The minimum Gasteiger partial charge on any atom is -0.494 e. The zero-order valence-electron chi connectivity index (χ0n) is 13.7. The Morgan fingerprint density at radius 3 is 2.29 bits per heavy atom. The summed E-state index contributed by atoms with van der Waals surface area (Å²) in [5.41, 5.74) is 0.195. The van der Waals surface area contributed by atoms with E-state index in [2.05, 4.69) is 6.92 Å². The highest BCUT2D eigenvalue weighted by Crippen LogP contribution is 2.29. The molecule has 0 bridgehead atoms. The van der Waals surface area contributed by atoms with Gasteiger partial charge in [0.2, 0.25) is 0 Å². The normalized spacial score (nSPS) is 13.2. The molecule has 118 valence electrons. The molecule has 4 heteroatoms. The summed E-state index contributed by atoms with van der Waals surface area (Å²) in [6, 6.07) is 7.94. The maximum absolute atomic E-state index is 11.5. The molecular weight excluding hydrogens is 266 g/mol. The standard InChI is InChI=1S/C17H27NO3/c1-6-12-21-15-10-8-14(9-11-15)13(3)18(7-2)17(4,5)16(19)20/h8-11,13H,6-7,12H2,1-5H3,(H,19,20). The molecular formula is C17H27NO3. The predicted octanol–water partition coefficient (Wildman–Crippen LogP) is 3.72. The lowest BCUT2D eigenvalue weighted by molar-refractivity contribution is -0.150. The zero-order chi connectivity index (χ0) is 16.0. The number of likely N-dealkylation sites (N-methyl/N-ethyl adjacent to an activating group) is 1. The van der Waals surface area contributed by atoms with Crippen molar-refractivity contribution in [3.05, 3.63) is 29.8 Å². The van der Waals surface area contributed by atoms with Crippen molar-refractivity contribution in [3.8, 4) is 5.75 Å². The molecule has 0 saturated heterocycles. The highest BCUT2D eigenvalue weighted by molar-refractivity contribution is 5.77. The van der Waals surface area contributed by atoms with Crippen molar-refractivity contribution in [3.63, 3.8) is 0 Å². The number of hydrogen-bond donors (Lipinski definition) is 1. The van der Waals surface area contributed by atoms with Gasteiger partial charge in [-0.25, -0.2) is 0 Å². The Morgan fingerprint density at radius 1 is 1.29 bits per heavy atom. The quantitative estimate of drug-likeness (QED) is 0.793. The van der Waals surface area contributed by atoms with E-state index in [0.29, 0.717) is 13.2 Å². The van der Waals surface area contributed by atoms with E-state index in [1.54, 1.807) is 13.8 Å². The average Bonchev–Trinajstić information content (AvgIpc) is 2.45. The summed E-state index contributed by atoms with van der Waals surface area (Å²) in [5, 5.41) is 9.42. The van der Waals surface area contributed by atoms with Crippen molar-refractivity contribution < 1.29 is 14.6 Å². The van der Waals surface area contributed by atoms with Gasteiger partial charge < -0.3 is 9.84 Å². The van der Waals surface area contributed by atoms with Crippen LogP contribution in [0.3, 0.4) is 0 Å². The Kier molecular flexibility index (Phi) is 6.21. The third-order valence-corrected chi connectivity index (χ3v) is 3.88. The predicted molar refractivity (Wildman–Crippen MR) is 84.7 cm³/mol. The van der Waals surface area contributed by atoms with Gasteiger partial charge in [0.15, 0.2) is 0 Å². The van der Waals surface area contributed by atoms with Gasteiger partial charge in [0, 0.05) is 6.04 Å². The van der Waals surface area contributed by atoms with E-state index < -0.39 is 11.5 Å². The van der Waals surface area contributed by atoms with Crippen LogP contribution in [0.5, 0.6) is 5.75 Å². The molecule has 1 unspecified atom stereocenters. The zero-order valence-corrected chi connectivity index (χ0v) is 13.7. The maximum Gasteiger partial charge on any atom is 0.323 e. The summed E-state index contributed by atoms with van der Waals surface area (Å²) >= 11 is 0. The largest absolute Gasteiger partial charge is 0.494 e. The molecule has 0 heterocycles. The SMILES string of the molecule is CCCOc1ccc(C(C)N(CC)C(C)(C)C(=O)O)cc1. The van der Waals surface area contributed by atoms with Crippen LogP contribution in [0.25, 0.3) is 0 Å². The van der Waals surface area contributed by atoms with Crippen LogP contribution in [0.4, 0.5) is 0 Å². The van der Waals surface area contributed by atoms with Crippen molar-refractivity contribution in [2.75, 3.05) is 13.2 Å². The van der Waals surface area contributed by atoms with Crippen molar-refractivity contribution in [1.82, 2.24) is 4.90 Å². The van der Waals surface area contributed by atoms with Crippen molar-refractivity contribution in [2.24, 2.45) is 0 Å². The minimum atomic E-state index is -0.897. The summed E-state index contributed by atoms with van der Waals surface area (Å²) in [7, 11) is 0. The lowest BCUT2D eigenvalue weighted by Crippen LogP contribution is -2.50. The Bertz CT molecular complexity index is 454. The van der Waals surface area contributed by atoms with Gasteiger partial charge >= 0.3 is 5.97 Å². The second kappa shape index (κ2) is 7.46. The summed E-state index contributed by atoms with van der Waals surface area (Å²) in [4.78, 5) is 13.5. The van der Waals surface area contributed by atoms with Crippen LogP contribution in [-0.2, 0) is 4.79 Å². The number of ether oxygens (including phenoxy) is 1. The molecule has 4 nitrogen and oxygen atoms in total. The third-order valence-electron chi connectivity index (χ3n) is 3.88. The van der Waals surface area contributed by atoms with Crippen LogP contribution in [0.1, 0.15) is 52.6 Å². The molecule has 1 aromatic carbocycles. The van der Waals surface area contributed by atoms with Gasteiger partial charge in [0.25, 0.3) is 0 Å². The van der Waals surface area contributed by atoms with Crippen LogP contribution >= 0.6 is 0 Å². The van der Waals surface area contributed by atoms with Gasteiger partial charge in [-0.2, -0.15) is 0 Å². The molecule has 1 aromatic rings. The number of carboxylic acid groups (broad SMARTS) is 1. The molecule has 21 heavy (non-hydrogen) atoms. The van der Waals surface area contributed by atoms with E-state index in [-0.39, 0.29) is 6.04 Å². The van der Waals surface area contributed by atoms with Crippen LogP contribution in [-0.4, -0.2) is 34.7 Å².